The van der Waals surface area contributed by atoms with Gasteiger partial charge < -0.3 is 14.8 Å². The molecule has 0 saturated carbocycles. The van der Waals surface area contributed by atoms with E-state index in [1.165, 1.54) is 0 Å². The van der Waals surface area contributed by atoms with Gasteiger partial charge in [-0.05, 0) is 43.3 Å². The van der Waals surface area contributed by atoms with E-state index >= 15 is 0 Å². The molecule has 25 heavy (non-hydrogen) atoms. The lowest BCUT2D eigenvalue weighted by Gasteiger charge is -2.07. The average Bonchev–Trinajstić information content (AvgIpc) is 2.65. The summed E-state index contributed by atoms with van der Waals surface area (Å²) in [5, 5.41) is 2.73. The monoisotopic (exact) mass is 359 g/mol. The van der Waals surface area contributed by atoms with Gasteiger partial charge in [0.25, 0.3) is 5.91 Å². The van der Waals surface area contributed by atoms with Crippen LogP contribution in [0, 0.1) is 0 Å². The molecule has 0 bridgehead atoms. The zero-order valence-corrected chi connectivity index (χ0v) is 14.9. The van der Waals surface area contributed by atoms with E-state index in [2.05, 4.69) is 5.32 Å². The van der Waals surface area contributed by atoms with Gasteiger partial charge in [-0.2, -0.15) is 0 Å². The molecule has 0 aliphatic heterocycles. The lowest BCUT2D eigenvalue weighted by atomic mass is 10.2. The number of thioether (sulfide) groups is 1. The topological polar surface area (TPSA) is 64.6 Å². The molecule has 5 nitrogen and oxygen atoms in total. The summed E-state index contributed by atoms with van der Waals surface area (Å²) < 4.78 is 10.3. The number of nitrogens with one attached hydrogen (secondary N) is 1. The number of hydrogen-bond donors (Lipinski definition) is 1. The summed E-state index contributed by atoms with van der Waals surface area (Å²) >= 11 is 1.65. The summed E-state index contributed by atoms with van der Waals surface area (Å²) in [6.07, 6.45) is 0. The van der Waals surface area contributed by atoms with Crippen molar-refractivity contribution in [3.63, 3.8) is 0 Å². The van der Waals surface area contributed by atoms with Crippen LogP contribution in [0.15, 0.2) is 59.5 Å². The molecule has 0 aliphatic carbocycles. The summed E-state index contributed by atoms with van der Waals surface area (Å²) in [7, 11) is 0. The van der Waals surface area contributed by atoms with Crippen LogP contribution in [-0.4, -0.2) is 37.4 Å². The third-order valence-corrected chi connectivity index (χ3v) is 4.19. The van der Waals surface area contributed by atoms with Crippen molar-refractivity contribution in [1.29, 1.82) is 0 Å². The molecule has 2 rings (SSSR count). The van der Waals surface area contributed by atoms with E-state index in [0.29, 0.717) is 24.5 Å². The van der Waals surface area contributed by atoms with Gasteiger partial charge in [0.2, 0.25) is 0 Å². The van der Waals surface area contributed by atoms with Crippen molar-refractivity contribution < 1.29 is 19.1 Å². The van der Waals surface area contributed by atoms with Crippen molar-refractivity contribution in [2.75, 3.05) is 25.5 Å². The van der Waals surface area contributed by atoms with Crippen molar-refractivity contribution in [2.45, 2.75) is 11.8 Å². The zero-order valence-electron chi connectivity index (χ0n) is 14.1. The molecule has 0 spiro atoms. The Balaban J connectivity index is 1.64. The third-order valence-electron chi connectivity index (χ3n) is 3.17. The van der Waals surface area contributed by atoms with Gasteiger partial charge in [-0.1, -0.05) is 18.2 Å². The van der Waals surface area contributed by atoms with Crippen LogP contribution in [0.1, 0.15) is 17.3 Å². The van der Waals surface area contributed by atoms with Crippen LogP contribution in [0.5, 0.6) is 5.75 Å². The minimum atomic E-state index is -0.531. The smallest absolute Gasteiger partial charge is 0.338 e. The number of rotatable bonds is 9. The number of benzene rings is 2. The fraction of sp³-hybridized carbons (Fsp3) is 0.263. The van der Waals surface area contributed by atoms with Gasteiger partial charge in [-0.3, -0.25) is 4.79 Å². The van der Waals surface area contributed by atoms with E-state index in [1.807, 2.05) is 37.3 Å². The first kappa shape index (κ1) is 18.9. The molecule has 1 N–H and O–H groups in total. The quantitative estimate of drug-likeness (QED) is 0.423. The molecule has 0 aromatic heterocycles. The molecule has 0 unspecified atom stereocenters. The molecule has 0 atom stereocenters. The van der Waals surface area contributed by atoms with Crippen LogP contribution in [0.25, 0.3) is 0 Å². The maximum atomic E-state index is 11.9. The second-order valence-electron chi connectivity index (χ2n) is 5.04. The highest BCUT2D eigenvalue weighted by Crippen LogP contribution is 2.15. The van der Waals surface area contributed by atoms with Crippen LogP contribution < -0.4 is 10.1 Å². The summed E-state index contributed by atoms with van der Waals surface area (Å²) in [6.45, 7) is 2.67. The van der Waals surface area contributed by atoms with Crippen LogP contribution in [0.3, 0.4) is 0 Å². The van der Waals surface area contributed by atoms with E-state index in [9.17, 15) is 9.59 Å². The molecule has 132 valence electrons. The first-order chi connectivity index (χ1) is 12.2. The van der Waals surface area contributed by atoms with Crippen molar-refractivity contribution in [3.8, 4) is 5.75 Å². The molecule has 2 aromatic carbocycles. The van der Waals surface area contributed by atoms with E-state index in [1.54, 1.807) is 36.0 Å². The molecule has 0 fully saturated rings. The molecule has 2 aromatic rings. The van der Waals surface area contributed by atoms with Crippen molar-refractivity contribution >= 4 is 23.6 Å². The predicted molar refractivity (Wildman–Crippen MR) is 98.1 cm³/mol. The van der Waals surface area contributed by atoms with Gasteiger partial charge >= 0.3 is 5.97 Å². The predicted octanol–water partition coefficient (Wildman–Crippen LogP) is 3.15. The van der Waals surface area contributed by atoms with Crippen LogP contribution in [0.2, 0.25) is 0 Å². The van der Waals surface area contributed by atoms with E-state index in [0.717, 1.165) is 10.6 Å². The van der Waals surface area contributed by atoms with E-state index < -0.39 is 5.97 Å². The number of ether oxygens (including phenoxy) is 2. The lowest BCUT2D eigenvalue weighted by Crippen LogP contribution is -2.30. The van der Waals surface area contributed by atoms with Crippen LogP contribution in [0.4, 0.5) is 0 Å². The van der Waals surface area contributed by atoms with Gasteiger partial charge in [0, 0.05) is 17.2 Å². The van der Waals surface area contributed by atoms with Gasteiger partial charge in [0.1, 0.15) is 5.75 Å². The summed E-state index contributed by atoms with van der Waals surface area (Å²) in [4.78, 5) is 24.7. The standard InChI is InChI=1S/C19H21NO4S/c1-2-23-16-10-8-15(9-11-16)19(22)24-14-18(21)20-12-13-25-17-6-4-3-5-7-17/h3-11H,2,12-14H2,1H3,(H,20,21). The van der Waals surface area contributed by atoms with Gasteiger partial charge in [0.05, 0.1) is 12.2 Å². The molecular weight excluding hydrogens is 338 g/mol. The fourth-order valence-electron chi connectivity index (χ4n) is 2.00. The first-order valence-corrected chi connectivity index (χ1v) is 9.02. The van der Waals surface area contributed by atoms with Crippen molar-refractivity contribution in [3.05, 3.63) is 60.2 Å². The minimum Gasteiger partial charge on any atom is -0.494 e. The van der Waals surface area contributed by atoms with Gasteiger partial charge in [-0.25, -0.2) is 4.79 Å². The highest BCUT2D eigenvalue weighted by atomic mass is 32.2. The highest BCUT2D eigenvalue weighted by Gasteiger charge is 2.10. The average molecular weight is 359 g/mol. The van der Waals surface area contributed by atoms with Crippen molar-refractivity contribution in [2.24, 2.45) is 0 Å². The molecular formula is C19H21NO4S. The molecule has 0 radical (unpaired) electrons. The van der Waals surface area contributed by atoms with Crippen molar-refractivity contribution in [1.82, 2.24) is 5.32 Å². The Hall–Kier alpha value is -2.47. The summed E-state index contributed by atoms with van der Waals surface area (Å²) in [6, 6.07) is 16.6. The Bertz CT molecular complexity index is 674. The molecule has 0 saturated heterocycles. The number of hydrogen-bond acceptors (Lipinski definition) is 5. The van der Waals surface area contributed by atoms with Crippen LogP contribution in [-0.2, 0) is 9.53 Å². The largest absolute Gasteiger partial charge is 0.494 e. The first-order valence-electron chi connectivity index (χ1n) is 8.03. The molecule has 6 heteroatoms. The Morgan fingerprint density at radius 2 is 1.76 bits per heavy atom. The highest BCUT2D eigenvalue weighted by molar-refractivity contribution is 7.99. The Morgan fingerprint density at radius 3 is 2.44 bits per heavy atom. The maximum absolute atomic E-state index is 11.9. The minimum absolute atomic E-state index is 0.290. The van der Waals surface area contributed by atoms with Crippen LogP contribution >= 0.6 is 11.8 Å². The maximum Gasteiger partial charge on any atom is 0.338 e. The molecule has 0 aliphatic rings. The second-order valence-corrected chi connectivity index (χ2v) is 6.21. The Kier molecular flexibility index (Phi) is 7.85. The van der Waals surface area contributed by atoms with E-state index in [4.69, 9.17) is 9.47 Å². The SMILES string of the molecule is CCOc1ccc(C(=O)OCC(=O)NCCSc2ccccc2)cc1. The van der Waals surface area contributed by atoms with Gasteiger partial charge in [-0.15, -0.1) is 11.8 Å². The molecule has 0 heterocycles. The lowest BCUT2D eigenvalue weighted by molar-refractivity contribution is -0.124. The number of carbonyl (C=O) groups is 2. The number of carbonyl (C=O) groups excluding carboxylic acids is 2. The van der Waals surface area contributed by atoms with Gasteiger partial charge in [0.15, 0.2) is 6.61 Å². The normalized spacial score (nSPS) is 10.1. The Morgan fingerprint density at radius 1 is 1.04 bits per heavy atom. The number of amides is 1. The number of esters is 1. The zero-order chi connectivity index (χ0) is 17.9. The van der Waals surface area contributed by atoms with E-state index in [-0.39, 0.29) is 12.5 Å². The third kappa shape index (κ3) is 6.89. The Labute approximate surface area is 151 Å². The summed E-state index contributed by atoms with van der Waals surface area (Å²) in [5.41, 5.74) is 0.385. The fourth-order valence-corrected chi connectivity index (χ4v) is 2.78. The second kappa shape index (κ2) is 10.4. The molecule has 1 amide bonds. The summed E-state index contributed by atoms with van der Waals surface area (Å²) in [5.74, 6) is 0.597.